The lowest BCUT2D eigenvalue weighted by Crippen LogP contribution is -2.49. The number of hydrogen-bond acceptors (Lipinski definition) is 7. The van der Waals surface area contributed by atoms with E-state index in [2.05, 4.69) is 15.9 Å². The second-order valence-corrected chi connectivity index (χ2v) is 8.79. The molecule has 3 aromatic rings. The van der Waals surface area contributed by atoms with Gasteiger partial charge in [-0.25, -0.2) is 4.79 Å². The Bertz CT molecular complexity index is 1400. The molecule has 0 unspecified atom stereocenters. The average molecular weight is 488 g/mol. The maximum atomic E-state index is 13.0. The highest BCUT2D eigenvalue weighted by Gasteiger charge is 2.20. The van der Waals surface area contributed by atoms with Crippen molar-refractivity contribution in [2.45, 2.75) is 6.42 Å². The Morgan fingerprint density at radius 2 is 1.69 bits per heavy atom. The van der Waals surface area contributed by atoms with E-state index in [0.29, 0.717) is 48.0 Å². The monoisotopic (exact) mass is 487 g/mol. The molecule has 0 saturated carbocycles. The number of benzene rings is 2. The molecule has 1 aliphatic heterocycles. The summed E-state index contributed by atoms with van der Waals surface area (Å²) < 4.78 is 8.59. The summed E-state index contributed by atoms with van der Waals surface area (Å²) >= 11 is 0. The molecule has 0 aliphatic carbocycles. The predicted molar refractivity (Wildman–Crippen MR) is 137 cm³/mol. The normalized spacial score (nSPS) is 13.9. The Hall–Kier alpha value is -4.16. The predicted octanol–water partition coefficient (Wildman–Crippen LogP) is 1.78. The highest BCUT2D eigenvalue weighted by atomic mass is 16.5. The number of nitriles is 1. The van der Waals surface area contributed by atoms with Gasteiger partial charge in [-0.15, -0.1) is 0 Å². The first kappa shape index (κ1) is 24.9. The molecule has 36 heavy (non-hydrogen) atoms. The van der Waals surface area contributed by atoms with Gasteiger partial charge < -0.3 is 9.64 Å². The number of ketones is 1. The SMILES string of the molecule is Cn1c(N2CCN(CCCOc3ccc(C#N)cc3C(=O)c3ccccc3)CC2)cc(=O)n(C)c1=O. The van der Waals surface area contributed by atoms with Crippen molar-refractivity contribution in [1.29, 1.82) is 5.26 Å². The molecule has 186 valence electrons. The largest absolute Gasteiger partial charge is 0.493 e. The second-order valence-electron chi connectivity index (χ2n) is 8.79. The molecule has 0 bridgehead atoms. The van der Waals surface area contributed by atoms with Crippen LogP contribution in [-0.2, 0) is 14.1 Å². The fraction of sp³-hybridized carbons (Fsp3) is 0.333. The summed E-state index contributed by atoms with van der Waals surface area (Å²) in [6.07, 6.45) is 0.767. The number of aromatic nitrogens is 2. The lowest BCUT2D eigenvalue weighted by molar-refractivity contribution is 0.103. The number of rotatable bonds is 8. The quantitative estimate of drug-likeness (QED) is 0.353. The molecule has 0 N–H and O–H groups in total. The molecule has 1 aliphatic rings. The van der Waals surface area contributed by atoms with Crippen molar-refractivity contribution < 1.29 is 9.53 Å². The number of carbonyl (C=O) groups excluding carboxylic acids is 1. The molecule has 0 radical (unpaired) electrons. The number of anilines is 1. The maximum absolute atomic E-state index is 13.0. The van der Waals surface area contributed by atoms with Gasteiger partial charge in [-0.3, -0.25) is 23.6 Å². The van der Waals surface area contributed by atoms with Crippen LogP contribution in [0.25, 0.3) is 0 Å². The molecule has 4 rings (SSSR count). The third kappa shape index (κ3) is 5.39. The van der Waals surface area contributed by atoms with Crippen LogP contribution in [0.15, 0.2) is 64.2 Å². The van der Waals surface area contributed by atoms with Gasteiger partial charge in [0.25, 0.3) is 5.56 Å². The van der Waals surface area contributed by atoms with Crippen molar-refractivity contribution in [2.75, 3.05) is 44.2 Å². The van der Waals surface area contributed by atoms with Crippen LogP contribution in [0.2, 0.25) is 0 Å². The van der Waals surface area contributed by atoms with E-state index in [1.807, 2.05) is 6.07 Å². The summed E-state index contributed by atoms with van der Waals surface area (Å²) in [5, 5.41) is 9.27. The van der Waals surface area contributed by atoms with Crippen molar-refractivity contribution in [2.24, 2.45) is 14.1 Å². The van der Waals surface area contributed by atoms with Crippen LogP contribution in [0.4, 0.5) is 5.82 Å². The Morgan fingerprint density at radius 3 is 2.39 bits per heavy atom. The van der Waals surface area contributed by atoms with Crippen LogP contribution in [-0.4, -0.2) is 59.1 Å². The highest BCUT2D eigenvalue weighted by molar-refractivity contribution is 6.10. The third-order valence-corrected chi connectivity index (χ3v) is 6.46. The van der Waals surface area contributed by atoms with E-state index in [1.54, 1.807) is 49.5 Å². The molecular formula is C27H29N5O4. The number of ether oxygens (including phenoxy) is 1. The lowest BCUT2D eigenvalue weighted by atomic mass is 10.0. The summed E-state index contributed by atoms with van der Waals surface area (Å²) in [5.74, 6) is 0.936. The van der Waals surface area contributed by atoms with Crippen LogP contribution < -0.4 is 20.9 Å². The van der Waals surface area contributed by atoms with E-state index in [-0.39, 0.29) is 17.0 Å². The van der Waals surface area contributed by atoms with Crippen LogP contribution in [0.3, 0.4) is 0 Å². The molecule has 1 fully saturated rings. The minimum atomic E-state index is -0.329. The summed E-state index contributed by atoms with van der Waals surface area (Å²) in [5.41, 5.74) is 0.705. The van der Waals surface area contributed by atoms with E-state index in [9.17, 15) is 19.6 Å². The van der Waals surface area contributed by atoms with E-state index in [1.165, 1.54) is 17.7 Å². The minimum Gasteiger partial charge on any atom is -0.493 e. The molecule has 0 amide bonds. The zero-order chi connectivity index (χ0) is 25.7. The molecular weight excluding hydrogens is 458 g/mol. The van der Waals surface area contributed by atoms with Crippen LogP contribution >= 0.6 is 0 Å². The molecule has 9 nitrogen and oxygen atoms in total. The minimum absolute atomic E-state index is 0.177. The molecule has 1 saturated heterocycles. The molecule has 0 atom stereocenters. The van der Waals surface area contributed by atoms with Crippen LogP contribution in [0.5, 0.6) is 5.75 Å². The summed E-state index contributed by atoms with van der Waals surface area (Å²) in [4.78, 5) is 41.7. The lowest BCUT2D eigenvalue weighted by Gasteiger charge is -2.36. The number of nitrogens with zero attached hydrogens (tertiary/aromatic N) is 5. The van der Waals surface area contributed by atoms with Gasteiger partial charge >= 0.3 is 5.69 Å². The first-order valence-corrected chi connectivity index (χ1v) is 11.9. The Labute approximate surface area is 209 Å². The zero-order valence-corrected chi connectivity index (χ0v) is 20.5. The van der Waals surface area contributed by atoms with Crippen LogP contribution in [0.1, 0.15) is 27.9 Å². The third-order valence-electron chi connectivity index (χ3n) is 6.46. The first-order chi connectivity index (χ1) is 17.4. The topological polar surface area (TPSA) is 101 Å². The van der Waals surface area contributed by atoms with E-state index in [0.717, 1.165) is 30.6 Å². The smallest absolute Gasteiger partial charge is 0.332 e. The van der Waals surface area contributed by atoms with E-state index >= 15 is 0 Å². The average Bonchev–Trinajstić information content (AvgIpc) is 2.92. The fourth-order valence-electron chi connectivity index (χ4n) is 4.34. The molecule has 2 aromatic carbocycles. The second kappa shape index (κ2) is 11.1. The number of carbonyl (C=O) groups is 1. The van der Waals surface area contributed by atoms with E-state index < -0.39 is 0 Å². The van der Waals surface area contributed by atoms with Gasteiger partial charge in [0.2, 0.25) is 0 Å². The van der Waals surface area contributed by atoms with Crippen molar-refractivity contribution in [3.63, 3.8) is 0 Å². The van der Waals surface area contributed by atoms with Gasteiger partial charge in [0.15, 0.2) is 5.78 Å². The van der Waals surface area contributed by atoms with Crippen molar-refractivity contribution in [3.8, 4) is 11.8 Å². The van der Waals surface area contributed by atoms with Crippen LogP contribution in [0, 0.1) is 11.3 Å². The maximum Gasteiger partial charge on any atom is 0.332 e. The van der Waals surface area contributed by atoms with Gasteiger partial charge in [0, 0.05) is 58.4 Å². The highest BCUT2D eigenvalue weighted by Crippen LogP contribution is 2.24. The molecule has 2 heterocycles. The first-order valence-electron chi connectivity index (χ1n) is 11.9. The van der Waals surface area contributed by atoms with Gasteiger partial charge in [-0.1, -0.05) is 30.3 Å². The van der Waals surface area contributed by atoms with Gasteiger partial charge in [0.05, 0.1) is 23.8 Å². The Balaban J connectivity index is 1.32. The summed E-state index contributed by atoms with van der Waals surface area (Å²) in [7, 11) is 3.16. The molecule has 1 aromatic heterocycles. The summed E-state index contributed by atoms with van der Waals surface area (Å²) in [6, 6.07) is 17.5. The summed E-state index contributed by atoms with van der Waals surface area (Å²) in [6.45, 7) is 4.29. The van der Waals surface area contributed by atoms with Gasteiger partial charge in [-0.05, 0) is 24.6 Å². The van der Waals surface area contributed by atoms with Gasteiger partial charge in [-0.2, -0.15) is 5.26 Å². The number of hydrogen-bond donors (Lipinski definition) is 0. The van der Waals surface area contributed by atoms with Crippen molar-refractivity contribution in [1.82, 2.24) is 14.0 Å². The Morgan fingerprint density at radius 1 is 0.972 bits per heavy atom. The fourth-order valence-corrected chi connectivity index (χ4v) is 4.34. The van der Waals surface area contributed by atoms with E-state index in [4.69, 9.17) is 4.74 Å². The Kier molecular flexibility index (Phi) is 7.66. The number of piperazine rings is 1. The molecule has 9 heteroatoms. The standard InChI is InChI=1S/C27H29N5O4/c1-29-24(18-25(33)30(2)27(29)35)32-14-12-31(13-15-32)11-6-16-36-23-10-9-20(19-28)17-22(23)26(34)21-7-4-3-5-8-21/h3-5,7-10,17-18H,6,11-16H2,1-2H3. The zero-order valence-electron chi connectivity index (χ0n) is 20.5. The van der Waals surface area contributed by atoms with Crippen molar-refractivity contribution >= 4 is 11.6 Å². The molecule has 0 spiro atoms. The van der Waals surface area contributed by atoms with Crippen molar-refractivity contribution in [3.05, 3.63) is 92.1 Å². The van der Waals surface area contributed by atoms with Gasteiger partial charge in [0.1, 0.15) is 11.6 Å².